The molecule has 0 saturated heterocycles. The van der Waals surface area contributed by atoms with E-state index in [-0.39, 0.29) is 12.8 Å². The van der Waals surface area contributed by atoms with Crippen LogP contribution in [-0.2, 0) is 9.59 Å². The second-order valence-corrected chi connectivity index (χ2v) is 3.69. The number of benzene rings is 1. The Morgan fingerprint density at radius 1 is 1.39 bits per heavy atom. The number of carboxylic acid groups (broad SMARTS) is 1. The summed E-state index contributed by atoms with van der Waals surface area (Å²) in [6.45, 7) is 0. The van der Waals surface area contributed by atoms with E-state index in [4.69, 9.17) is 16.4 Å². The van der Waals surface area contributed by atoms with Gasteiger partial charge < -0.3 is 16.2 Å². The molecule has 0 unspecified atom stereocenters. The van der Waals surface area contributed by atoms with Gasteiger partial charge in [-0.3, -0.25) is 9.59 Å². The maximum Gasteiger partial charge on any atom is 0.303 e. The van der Waals surface area contributed by atoms with Crippen molar-refractivity contribution in [2.45, 2.75) is 18.9 Å². The van der Waals surface area contributed by atoms with Gasteiger partial charge in [-0.25, -0.2) is 5.53 Å². The molecule has 0 spiro atoms. The van der Waals surface area contributed by atoms with Crippen LogP contribution in [0.2, 0.25) is 0 Å². The summed E-state index contributed by atoms with van der Waals surface area (Å²) in [6, 6.07) is 5.47. The lowest BCUT2D eigenvalue weighted by Gasteiger charge is -2.11. The highest BCUT2D eigenvalue weighted by atomic mass is 16.4. The predicted molar refractivity (Wildman–Crippen MR) is 64.7 cm³/mol. The van der Waals surface area contributed by atoms with Crippen LogP contribution in [0.4, 0.5) is 11.4 Å². The molecule has 1 atom stereocenters. The molecule has 0 heterocycles. The first-order chi connectivity index (χ1) is 8.52. The first-order valence-corrected chi connectivity index (χ1v) is 5.28. The number of carbonyl (C=O) groups excluding carboxylic acids is 1. The zero-order chi connectivity index (χ0) is 13.5. The van der Waals surface area contributed by atoms with Crippen LogP contribution < -0.4 is 11.1 Å². The van der Waals surface area contributed by atoms with Crippen LogP contribution in [0.3, 0.4) is 0 Å². The Kier molecular flexibility index (Phi) is 4.94. The van der Waals surface area contributed by atoms with E-state index in [1.165, 1.54) is 0 Å². The molecule has 1 amide bonds. The quantitative estimate of drug-likeness (QED) is 0.570. The first kappa shape index (κ1) is 13.8. The third kappa shape index (κ3) is 4.30. The van der Waals surface area contributed by atoms with Crippen LogP contribution in [0.15, 0.2) is 29.4 Å². The van der Waals surface area contributed by atoms with Crippen LogP contribution in [-0.4, -0.2) is 23.0 Å². The van der Waals surface area contributed by atoms with Crippen molar-refractivity contribution in [3.05, 3.63) is 24.3 Å². The Labute approximate surface area is 103 Å². The average Bonchev–Trinajstić information content (AvgIpc) is 2.36. The third-order valence-corrected chi connectivity index (χ3v) is 2.27. The van der Waals surface area contributed by atoms with Crippen LogP contribution in [0.5, 0.6) is 0 Å². The van der Waals surface area contributed by atoms with E-state index in [9.17, 15) is 9.59 Å². The van der Waals surface area contributed by atoms with Crippen LogP contribution in [0, 0.1) is 5.53 Å². The van der Waals surface area contributed by atoms with Crippen molar-refractivity contribution in [3.63, 3.8) is 0 Å². The van der Waals surface area contributed by atoms with E-state index in [0.717, 1.165) is 0 Å². The molecule has 0 aliphatic carbocycles. The molecule has 1 aromatic rings. The highest BCUT2D eigenvalue weighted by molar-refractivity contribution is 5.94. The number of hydrogen-bond acceptors (Lipinski definition) is 5. The minimum Gasteiger partial charge on any atom is -0.481 e. The van der Waals surface area contributed by atoms with Gasteiger partial charge in [0, 0.05) is 12.1 Å². The largest absolute Gasteiger partial charge is 0.481 e. The van der Waals surface area contributed by atoms with E-state index in [1.54, 1.807) is 24.3 Å². The summed E-state index contributed by atoms with van der Waals surface area (Å²) in [5.41, 5.74) is 13.3. The van der Waals surface area contributed by atoms with Crippen molar-refractivity contribution in [3.8, 4) is 0 Å². The predicted octanol–water partition coefficient (Wildman–Crippen LogP) is 1.48. The SMILES string of the molecule is N=Nc1ccc(NC(=O)[C@@H](N)CCC(=O)O)cc1. The van der Waals surface area contributed by atoms with E-state index in [1.807, 2.05) is 0 Å². The average molecular weight is 250 g/mol. The van der Waals surface area contributed by atoms with Gasteiger partial charge in [0.2, 0.25) is 5.91 Å². The molecule has 1 rings (SSSR count). The summed E-state index contributed by atoms with van der Waals surface area (Å²) in [4.78, 5) is 21.9. The number of anilines is 1. The number of carbonyl (C=O) groups is 2. The molecule has 7 nitrogen and oxygen atoms in total. The fourth-order valence-corrected chi connectivity index (χ4v) is 1.26. The number of hydrogen-bond donors (Lipinski definition) is 4. The summed E-state index contributed by atoms with van der Waals surface area (Å²) < 4.78 is 0. The van der Waals surface area contributed by atoms with Crippen LogP contribution in [0.1, 0.15) is 12.8 Å². The highest BCUT2D eigenvalue weighted by Gasteiger charge is 2.14. The molecule has 96 valence electrons. The molecule has 18 heavy (non-hydrogen) atoms. The fraction of sp³-hybridized carbons (Fsp3) is 0.273. The lowest BCUT2D eigenvalue weighted by Crippen LogP contribution is -2.36. The van der Waals surface area contributed by atoms with Gasteiger partial charge in [-0.15, -0.1) is 0 Å². The Balaban J connectivity index is 2.52. The minimum atomic E-state index is -0.986. The number of carboxylic acids is 1. The van der Waals surface area contributed by atoms with Crippen LogP contribution >= 0.6 is 0 Å². The van der Waals surface area contributed by atoms with E-state index in [2.05, 4.69) is 10.4 Å². The maximum atomic E-state index is 11.6. The molecule has 5 N–H and O–H groups in total. The number of rotatable bonds is 6. The highest BCUT2D eigenvalue weighted by Crippen LogP contribution is 2.15. The Morgan fingerprint density at radius 2 is 2.00 bits per heavy atom. The number of nitrogens with two attached hydrogens (primary N) is 1. The summed E-state index contributed by atoms with van der Waals surface area (Å²) in [5.74, 6) is -1.42. The van der Waals surface area contributed by atoms with Crippen LogP contribution in [0.25, 0.3) is 0 Å². The second-order valence-electron chi connectivity index (χ2n) is 3.69. The Morgan fingerprint density at radius 3 is 2.50 bits per heavy atom. The molecule has 0 aliphatic heterocycles. The molecule has 0 saturated carbocycles. The number of amides is 1. The normalized spacial score (nSPS) is 11.6. The van der Waals surface area contributed by atoms with Gasteiger partial charge >= 0.3 is 5.97 Å². The molecule has 0 aromatic heterocycles. The molecular formula is C11H14N4O3. The van der Waals surface area contributed by atoms with Gasteiger partial charge in [-0.1, -0.05) is 0 Å². The van der Waals surface area contributed by atoms with Gasteiger partial charge in [0.25, 0.3) is 0 Å². The molecule has 0 fully saturated rings. The molecule has 1 aromatic carbocycles. The van der Waals surface area contributed by atoms with Crippen molar-refractivity contribution in [1.29, 1.82) is 5.53 Å². The molecule has 0 bridgehead atoms. The molecule has 0 aliphatic rings. The summed E-state index contributed by atoms with van der Waals surface area (Å²) in [5, 5.41) is 14.3. The van der Waals surface area contributed by atoms with Gasteiger partial charge in [-0.2, -0.15) is 5.11 Å². The maximum absolute atomic E-state index is 11.6. The molecular weight excluding hydrogens is 236 g/mol. The Hall–Kier alpha value is -2.28. The topological polar surface area (TPSA) is 129 Å². The van der Waals surface area contributed by atoms with Gasteiger partial charge in [0.05, 0.1) is 11.7 Å². The zero-order valence-electron chi connectivity index (χ0n) is 9.59. The second kappa shape index (κ2) is 6.45. The van der Waals surface area contributed by atoms with Crippen molar-refractivity contribution >= 4 is 23.3 Å². The summed E-state index contributed by atoms with van der Waals surface area (Å²) in [7, 11) is 0. The van der Waals surface area contributed by atoms with Crippen molar-refractivity contribution in [1.82, 2.24) is 0 Å². The van der Waals surface area contributed by atoms with Gasteiger partial charge in [0.1, 0.15) is 0 Å². The standard InChI is InChI=1S/C11H14N4O3/c12-9(5-6-10(16)17)11(18)14-7-1-3-8(15-13)4-2-7/h1-4,9,13H,5-6,12H2,(H,14,18)(H,16,17)/t9-/m0/s1. The summed E-state index contributed by atoms with van der Waals surface area (Å²) >= 11 is 0. The lowest BCUT2D eigenvalue weighted by molar-refractivity contribution is -0.137. The fourth-order valence-electron chi connectivity index (χ4n) is 1.26. The van der Waals surface area contributed by atoms with E-state index >= 15 is 0 Å². The molecule has 0 radical (unpaired) electrons. The monoisotopic (exact) mass is 250 g/mol. The van der Waals surface area contributed by atoms with Crippen molar-refractivity contribution in [2.24, 2.45) is 10.8 Å². The number of nitrogens with zero attached hydrogens (tertiary/aromatic N) is 1. The van der Waals surface area contributed by atoms with E-state index in [0.29, 0.717) is 11.4 Å². The summed E-state index contributed by atoms with van der Waals surface area (Å²) in [6.07, 6.45) is -0.0629. The zero-order valence-corrected chi connectivity index (χ0v) is 9.59. The third-order valence-electron chi connectivity index (χ3n) is 2.27. The number of aliphatic carboxylic acids is 1. The first-order valence-electron chi connectivity index (χ1n) is 5.28. The minimum absolute atomic E-state index is 0.0846. The van der Waals surface area contributed by atoms with Crippen molar-refractivity contribution in [2.75, 3.05) is 5.32 Å². The van der Waals surface area contributed by atoms with E-state index < -0.39 is 17.9 Å². The number of nitrogens with one attached hydrogen (secondary N) is 2. The Bertz CT molecular complexity index is 444. The lowest BCUT2D eigenvalue weighted by atomic mass is 10.1. The van der Waals surface area contributed by atoms with Gasteiger partial charge in [-0.05, 0) is 30.7 Å². The molecule has 7 heteroatoms. The van der Waals surface area contributed by atoms with Gasteiger partial charge in [0.15, 0.2) is 0 Å². The van der Waals surface area contributed by atoms with Crippen molar-refractivity contribution < 1.29 is 14.7 Å². The smallest absolute Gasteiger partial charge is 0.303 e.